The summed E-state index contributed by atoms with van der Waals surface area (Å²) in [7, 11) is 0. The maximum Gasteiger partial charge on any atom is 0.436 e. The molecule has 1 heterocycles. The molecular formula is C11H7F3N2O3. The van der Waals surface area contributed by atoms with Crippen LogP contribution in [0, 0.1) is 0 Å². The zero-order chi connectivity index (χ0) is 14.0. The standard InChI is InChI=1S/C11H7F3N2O3/c12-11(13,14)8-5-9(19-16-8)15-10(18)6-3-1-2-4-7(6)17/h1-5,17H,(H,15,18). The van der Waals surface area contributed by atoms with Crippen molar-refractivity contribution in [2.24, 2.45) is 0 Å². The van der Waals surface area contributed by atoms with Crippen LogP contribution in [0.5, 0.6) is 5.75 Å². The lowest BCUT2D eigenvalue weighted by atomic mass is 10.2. The molecule has 0 radical (unpaired) electrons. The summed E-state index contributed by atoms with van der Waals surface area (Å²) in [5.41, 5.74) is -1.34. The number of nitrogens with one attached hydrogen (secondary N) is 1. The normalized spacial score (nSPS) is 11.3. The van der Waals surface area contributed by atoms with Crippen LogP contribution in [0.4, 0.5) is 19.1 Å². The first-order chi connectivity index (χ1) is 8.88. The van der Waals surface area contributed by atoms with Gasteiger partial charge >= 0.3 is 6.18 Å². The Kier molecular flexibility index (Phi) is 3.16. The zero-order valence-electron chi connectivity index (χ0n) is 9.23. The molecule has 0 atom stereocenters. The topological polar surface area (TPSA) is 75.4 Å². The fraction of sp³-hybridized carbons (Fsp3) is 0.0909. The average molecular weight is 272 g/mol. The molecule has 2 rings (SSSR count). The third-order valence-corrected chi connectivity index (χ3v) is 2.19. The van der Waals surface area contributed by atoms with Gasteiger partial charge in [-0.3, -0.25) is 10.1 Å². The maximum absolute atomic E-state index is 12.3. The van der Waals surface area contributed by atoms with Gasteiger partial charge < -0.3 is 9.63 Å². The van der Waals surface area contributed by atoms with Crippen molar-refractivity contribution in [3.05, 3.63) is 41.6 Å². The second kappa shape index (κ2) is 4.63. The van der Waals surface area contributed by atoms with Crippen LogP contribution in [0.2, 0.25) is 0 Å². The summed E-state index contributed by atoms with van der Waals surface area (Å²) in [5.74, 6) is -1.56. The Labute approximate surface area is 104 Å². The molecule has 1 aromatic heterocycles. The van der Waals surface area contributed by atoms with Crippen molar-refractivity contribution in [1.29, 1.82) is 0 Å². The summed E-state index contributed by atoms with van der Waals surface area (Å²) >= 11 is 0. The molecule has 1 aromatic carbocycles. The number of aromatic nitrogens is 1. The molecule has 0 aliphatic heterocycles. The molecule has 0 spiro atoms. The Morgan fingerprint density at radius 2 is 2.00 bits per heavy atom. The minimum Gasteiger partial charge on any atom is -0.507 e. The summed E-state index contributed by atoms with van der Waals surface area (Å²) in [6.45, 7) is 0. The number of benzene rings is 1. The van der Waals surface area contributed by atoms with E-state index in [1.165, 1.54) is 24.3 Å². The van der Waals surface area contributed by atoms with Gasteiger partial charge in [0.2, 0.25) is 5.88 Å². The summed E-state index contributed by atoms with van der Waals surface area (Å²) in [5, 5.41) is 14.2. The molecule has 0 aliphatic rings. The molecule has 0 bridgehead atoms. The van der Waals surface area contributed by atoms with Crippen LogP contribution >= 0.6 is 0 Å². The van der Waals surface area contributed by atoms with Crippen molar-refractivity contribution in [1.82, 2.24) is 5.16 Å². The lowest BCUT2D eigenvalue weighted by Gasteiger charge is -2.02. The van der Waals surface area contributed by atoms with E-state index in [4.69, 9.17) is 0 Å². The Morgan fingerprint density at radius 3 is 2.58 bits per heavy atom. The highest BCUT2D eigenvalue weighted by atomic mass is 19.4. The minimum absolute atomic E-state index is 0.0903. The van der Waals surface area contributed by atoms with Crippen LogP contribution in [0.25, 0.3) is 0 Å². The second-order valence-corrected chi connectivity index (χ2v) is 3.55. The number of carbonyl (C=O) groups excluding carboxylic acids is 1. The van der Waals surface area contributed by atoms with Gasteiger partial charge in [0.15, 0.2) is 5.69 Å². The highest BCUT2D eigenvalue weighted by Gasteiger charge is 2.35. The maximum atomic E-state index is 12.3. The minimum atomic E-state index is -4.65. The van der Waals surface area contributed by atoms with Crippen LogP contribution in [0.3, 0.4) is 0 Å². The van der Waals surface area contributed by atoms with Crippen LogP contribution in [-0.2, 0) is 6.18 Å². The van der Waals surface area contributed by atoms with Crippen molar-refractivity contribution < 1.29 is 27.6 Å². The number of rotatable bonds is 2. The average Bonchev–Trinajstić information content (AvgIpc) is 2.77. The molecule has 100 valence electrons. The second-order valence-electron chi connectivity index (χ2n) is 3.55. The lowest BCUT2D eigenvalue weighted by Crippen LogP contribution is -2.11. The quantitative estimate of drug-likeness (QED) is 0.881. The van der Waals surface area contributed by atoms with Crippen molar-refractivity contribution >= 4 is 11.8 Å². The highest BCUT2D eigenvalue weighted by Crippen LogP contribution is 2.30. The number of amides is 1. The van der Waals surface area contributed by atoms with Gasteiger partial charge in [0, 0.05) is 6.07 Å². The fourth-order valence-electron chi connectivity index (χ4n) is 1.31. The summed E-state index contributed by atoms with van der Waals surface area (Å²) in [4.78, 5) is 11.7. The van der Waals surface area contributed by atoms with E-state index in [2.05, 4.69) is 15.0 Å². The number of anilines is 1. The van der Waals surface area contributed by atoms with E-state index < -0.39 is 23.7 Å². The zero-order valence-corrected chi connectivity index (χ0v) is 9.23. The summed E-state index contributed by atoms with van der Waals surface area (Å²) in [6.07, 6.45) is -4.65. The van der Waals surface area contributed by atoms with Crippen molar-refractivity contribution in [3.63, 3.8) is 0 Å². The first-order valence-electron chi connectivity index (χ1n) is 5.01. The lowest BCUT2D eigenvalue weighted by molar-refractivity contribution is -0.142. The first kappa shape index (κ1) is 12.9. The molecule has 0 unspecified atom stereocenters. The van der Waals surface area contributed by atoms with Gasteiger partial charge in [-0.2, -0.15) is 13.2 Å². The van der Waals surface area contributed by atoms with Crippen LogP contribution in [0.15, 0.2) is 34.9 Å². The predicted molar refractivity (Wildman–Crippen MR) is 57.6 cm³/mol. The molecular weight excluding hydrogens is 265 g/mol. The third-order valence-electron chi connectivity index (χ3n) is 2.19. The van der Waals surface area contributed by atoms with E-state index in [1.54, 1.807) is 0 Å². The third kappa shape index (κ3) is 2.84. The number of phenols is 1. The molecule has 0 fully saturated rings. The predicted octanol–water partition coefficient (Wildman–Crippen LogP) is 2.65. The Hall–Kier alpha value is -2.51. The number of nitrogens with zero attached hydrogens (tertiary/aromatic N) is 1. The van der Waals surface area contributed by atoms with Gasteiger partial charge in [0.25, 0.3) is 5.91 Å². The number of hydrogen-bond acceptors (Lipinski definition) is 4. The summed E-state index contributed by atoms with van der Waals surface area (Å²) < 4.78 is 41.1. The van der Waals surface area contributed by atoms with E-state index in [1.807, 2.05) is 0 Å². The number of hydrogen-bond donors (Lipinski definition) is 2. The van der Waals surface area contributed by atoms with Crippen molar-refractivity contribution in [2.75, 3.05) is 5.32 Å². The van der Waals surface area contributed by atoms with E-state index in [-0.39, 0.29) is 11.3 Å². The molecule has 2 aromatic rings. The van der Waals surface area contributed by atoms with E-state index >= 15 is 0 Å². The van der Waals surface area contributed by atoms with Crippen LogP contribution in [0.1, 0.15) is 16.1 Å². The largest absolute Gasteiger partial charge is 0.507 e. The molecule has 8 heteroatoms. The summed E-state index contributed by atoms with van der Waals surface area (Å²) in [6, 6.07) is 6.14. The highest BCUT2D eigenvalue weighted by molar-refractivity contribution is 6.05. The molecule has 0 saturated heterocycles. The van der Waals surface area contributed by atoms with E-state index in [0.717, 1.165) is 0 Å². The van der Waals surface area contributed by atoms with Crippen LogP contribution < -0.4 is 5.32 Å². The fourth-order valence-corrected chi connectivity index (χ4v) is 1.31. The van der Waals surface area contributed by atoms with E-state index in [0.29, 0.717) is 6.07 Å². The van der Waals surface area contributed by atoms with Crippen molar-refractivity contribution in [3.8, 4) is 5.75 Å². The van der Waals surface area contributed by atoms with Gasteiger partial charge in [0.1, 0.15) is 5.75 Å². The number of aromatic hydroxyl groups is 1. The number of halogens is 3. The molecule has 1 amide bonds. The Bertz CT molecular complexity index is 607. The van der Waals surface area contributed by atoms with E-state index in [9.17, 15) is 23.1 Å². The first-order valence-corrected chi connectivity index (χ1v) is 5.01. The molecule has 0 saturated carbocycles. The van der Waals surface area contributed by atoms with Gasteiger partial charge in [-0.25, -0.2) is 0 Å². The number of alkyl halides is 3. The smallest absolute Gasteiger partial charge is 0.436 e. The Morgan fingerprint density at radius 1 is 1.32 bits per heavy atom. The number of phenolic OH excluding ortho intramolecular Hbond substituents is 1. The Balaban J connectivity index is 2.16. The molecule has 0 aliphatic carbocycles. The van der Waals surface area contributed by atoms with Gasteiger partial charge in [-0.1, -0.05) is 17.3 Å². The molecule has 5 nitrogen and oxygen atoms in total. The van der Waals surface area contributed by atoms with Gasteiger partial charge in [-0.15, -0.1) is 0 Å². The molecule has 2 N–H and O–H groups in total. The SMILES string of the molecule is O=C(Nc1cc(C(F)(F)F)no1)c1ccccc1O. The van der Waals surface area contributed by atoms with Gasteiger partial charge in [-0.05, 0) is 12.1 Å². The van der Waals surface area contributed by atoms with Crippen LogP contribution in [-0.4, -0.2) is 16.2 Å². The molecule has 19 heavy (non-hydrogen) atoms. The monoisotopic (exact) mass is 272 g/mol. The number of carbonyl (C=O) groups is 1. The van der Waals surface area contributed by atoms with Gasteiger partial charge in [0.05, 0.1) is 5.56 Å². The van der Waals surface area contributed by atoms with Crippen molar-refractivity contribution in [2.45, 2.75) is 6.18 Å². The number of para-hydroxylation sites is 1.